The number of nitrogens with zero attached hydrogens (tertiary/aromatic N) is 3. The van der Waals surface area contributed by atoms with Gasteiger partial charge in [-0.3, -0.25) is 9.67 Å². The maximum atomic E-state index is 10.4. The molecule has 2 aromatic heterocycles. The van der Waals surface area contributed by atoms with Crippen molar-refractivity contribution in [2.24, 2.45) is 5.92 Å². The van der Waals surface area contributed by atoms with Crippen molar-refractivity contribution in [3.63, 3.8) is 0 Å². The van der Waals surface area contributed by atoms with Crippen LogP contribution in [0.25, 0.3) is 0 Å². The zero-order valence-electron chi connectivity index (χ0n) is 12.6. The van der Waals surface area contributed by atoms with Crippen LogP contribution in [0.5, 0.6) is 0 Å². The standard InChI is InChI=1S/C17H22N4O/c22-17-9-12(11-21-7-1-5-19-21)8-16(17)20-15-4-6-18-10-14(15)13-2-3-13/h1,4-7,10,12-13,16-17,22H,2-3,8-9,11H2,(H,18,20)/t12?,16-,17-/m1/s1. The molecule has 0 spiro atoms. The van der Waals surface area contributed by atoms with Gasteiger partial charge in [0.2, 0.25) is 0 Å². The molecule has 1 unspecified atom stereocenters. The summed E-state index contributed by atoms with van der Waals surface area (Å²) in [4.78, 5) is 4.25. The van der Waals surface area contributed by atoms with Crippen molar-refractivity contribution in [2.75, 3.05) is 5.32 Å². The zero-order valence-corrected chi connectivity index (χ0v) is 12.6. The first kappa shape index (κ1) is 13.8. The molecule has 2 saturated carbocycles. The minimum atomic E-state index is -0.291. The molecule has 2 aliphatic carbocycles. The summed E-state index contributed by atoms with van der Waals surface area (Å²) in [5.74, 6) is 1.13. The van der Waals surface area contributed by atoms with Gasteiger partial charge in [0.15, 0.2) is 0 Å². The summed E-state index contributed by atoms with van der Waals surface area (Å²) in [6, 6.07) is 4.11. The maximum absolute atomic E-state index is 10.4. The minimum Gasteiger partial charge on any atom is -0.391 e. The molecule has 4 rings (SSSR count). The third-order valence-corrected chi connectivity index (χ3v) is 4.84. The van der Waals surface area contributed by atoms with Crippen molar-refractivity contribution in [1.82, 2.24) is 14.8 Å². The smallest absolute Gasteiger partial charge is 0.0744 e. The molecule has 0 amide bonds. The fraction of sp³-hybridized carbons (Fsp3) is 0.529. The van der Waals surface area contributed by atoms with Gasteiger partial charge in [-0.25, -0.2) is 0 Å². The van der Waals surface area contributed by atoms with E-state index in [0.29, 0.717) is 11.8 Å². The maximum Gasteiger partial charge on any atom is 0.0744 e. The molecule has 2 aliphatic rings. The molecule has 22 heavy (non-hydrogen) atoms. The molecule has 2 N–H and O–H groups in total. The first-order valence-corrected chi connectivity index (χ1v) is 8.15. The number of aromatic nitrogens is 3. The molecule has 0 saturated heterocycles. The Kier molecular flexibility index (Phi) is 3.58. The van der Waals surface area contributed by atoms with Gasteiger partial charge in [0, 0.05) is 37.0 Å². The highest BCUT2D eigenvalue weighted by Crippen LogP contribution is 2.43. The summed E-state index contributed by atoms with van der Waals surface area (Å²) >= 11 is 0. The summed E-state index contributed by atoms with van der Waals surface area (Å²) < 4.78 is 1.96. The Morgan fingerprint density at radius 2 is 2.18 bits per heavy atom. The highest BCUT2D eigenvalue weighted by molar-refractivity contribution is 5.53. The van der Waals surface area contributed by atoms with Crippen LogP contribution in [0, 0.1) is 5.92 Å². The van der Waals surface area contributed by atoms with Crippen LogP contribution in [-0.2, 0) is 6.54 Å². The number of hydrogen-bond acceptors (Lipinski definition) is 4. The van der Waals surface area contributed by atoms with E-state index in [1.54, 1.807) is 6.20 Å². The average Bonchev–Trinajstić information content (AvgIpc) is 3.14. The van der Waals surface area contributed by atoms with Crippen molar-refractivity contribution in [3.05, 3.63) is 42.5 Å². The number of pyridine rings is 1. The Hall–Kier alpha value is -1.88. The molecule has 5 heteroatoms. The third kappa shape index (κ3) is 2.86. The summed E-state index contributed by atoms with van der Waals surface area (Å²) in [7, 11) is 0. The van der Waals surface area contributed by atoms with Crippen molar-refractivity contribution >= 4 is 5.69 Å². The largest absolute Gasteiger partial charge is 0.391 e. The second-order valence-corrected chi connectivity index (χ2v) is 6.62. The second kappa shape index (κ2) is 5.72. The van der Waals surface area contributed by atoms with Gasteiger partial charge in [-0.05, 0) is 55.2 Å². The molecule has 5 nitrogen and oxygen atoms in total. The molecular weight excluding hydrogens is 276 g/mol. The quantitative estimate of drug-likeness (QED) is 0.890. The predicted octanol–water partition coefficient (Wildman–Crippen LogP) is 2.41. The molecular formula is C17H22N4O. The highest BCUT2D eigenvalue weighted by atomic mass is 16.3. The van der Waals surface area contributed by atoms with Gasteiger partial charge in [-0.2, -0.15) is 5.10 Å². The second-order valence-electron chi connectivity index (χ2n) is 6.62. The molecule has 116 valence electrons. The number of anilines is 1. The summed E-state index contributed by atoms with van der Waals surface area (Å²) in [5.41, 5.74) is 2.46. The van der Waals surface area contributed by atoms with E-state index in [-0.39, 0.29) is 12.1 Å². The first-order chi connectivity index (χ1) is 10.8. The molecule has 2 heterocycles. The fourth-order valence-electron chi connectivity index (χ4n) is 3.55. The van der Waals surface area contributed by atoms with E-state index >= 15 is 0 Å². The van der Waals surface area contributed by atoms with Crippen LogP contribution in [0.2, 0.25) is 0 Å². The van der Waals surface area contributed by atoms with Crippen LogP contribution in [0.1, 0.15) is 37.2 Å². The minimum absolute atomic E-state index is 0.125. The van der Waals surface area contributed by atoms with E-state index in [2.05, 4.69) is 15.4 Å². The SMILES string of the molecule is O[C@@H]1CC(Cn2cccn2)C[C@H]1Nc1ccncc1C1CC1. The Morgan fingerprint density at radius 1 is 1.27 bits per heavy atom. The number of rotatable bonds is 5. The van der Waals surface area contributed by atoms with Gasteiger partial charge in [0.05, 0.1) is 12.1 Å². The molecule has 0 aromatic carbocycles. The predicted molar refractivity (Wildman–Crippen MR) is 84.6 cm³/mol. The topological polar surface area (TPSA) is 63.0 Å². The van der Waals surface area contributed by atoms with Crippen LogP contribution < -0.4 is 5.32 Å². The van der Waals surface area contributed by atoms with Crippen LogP contribution >= 0.6 is 0 Å². The van der Waals surface area contributed by atoms with Crippen molar-refractivity contribution in [3.8, 4) is 0 Å². The van der Waals surface area contributed by atoms with Crippen LogP contribution in [-0.4, -0.2) is 32.0 Å². The molecule has 2 fully saturated rings. The van der Waals surface area contributed by atoms with Crippen molar-refractivity contribution < 1.29 is 5.11 Å². The lowest BCUT2D eigenvalue weighted by atomic mass is 10.1. The van der Waals surface area contributed by atoms with Crippen molar-refractivity contribution in [2.45, 2.75) is 50.3 Å². The lowest BCUT2D eigenvalue weighted by Crippen LogP contribution is -2.28. The summed E-state index contributed by atoms with van der Waals surface area (Å²) in [5, 5.41) is 18.2. The van der Waals surface area contributed by atoms with Crippen LogP contribution in [0.3, 0.4) is 0 Å². The van der Waals surface area contributed by atoms with Crippen molar-refractivity contribution in [1.29, 1.82) is 0 Å². The van der Waals surface area contributed by atoms with Gasteiger partial charge in [-0.15, -0.1) is 0 Å². The molecule has 0 radical (unpaired) electrons. The Labute approximate surface area is 130 Å². The van der Waals surface area contributed by atoms with Crippen LogP contribution in [0.4, 0.5) is 5.69 Å². The Bertz CT molecular complexity index is 623. The molecule has 0 bridgehead atoms. The monoisotopic (exact) mass is 298 g/mol. The van der Waals surface area contributed by atoms with E-state index in [0.717, 1.165) is 25.1 Å². The number of hydrogen-bond donors (Lipinski definition) is 2. The van der Waals surface area contributed by atoms with Gasteiger partial charge < -0.3 is 10.4 Å². The number of aliphatic hydroxyl groups is 1. The highest BCUT2D eigenvalue weighted by Gasteiger charge is 2.34. The van der Waals surface area contributed by atoms with Gasteiger partial charge in [0.25, 0.3) is 0 Å². The normalized spacial score (nSPS) is 28.0. The third-order valence-electron chi connectivity index (χ3n) is 4.84. The van der Waals surface area contributed by atoms with E-state index < -0.39 is 0 Å². The molecule has 2 aromatic rings. The first-order valence-electron chi connectivity index (χ1n) is 8.15. The lowest BCUT2D eigenvalue weighted by Gasteiger charge is -2.20. The zero-order chi connectivity index (χ0) is 14.9. The average molecular weight is 298 g/mol. The van der Waals surface area contributed by atoms with E-state index in [1.807, 2.05) is 35.4 Å². The number of aliphatic hydroxyl groups excluding tert-OH is 1. The van der Waals surface area contributed by atoms with E-state index in [9.17, 15) is 5.11 Å². The summed E-state index contributed by atoms with van der Waals surface area (Å²) in [6.45, 7) is 0.883. The van der Waals surface area contributed by atoms with Gasteiger partial charge in [0.1, 0.15) is 0 Å². The Balaban J connectivity index is 1.43. The van der Waals surface area contributed by atoms with E-state index in [4.69, 9.17) is 0 Å². The molecule has 3 atom stereocenters. The fourth-order valence-corrected chi connectivity index (χ4v) is 3.55. The lowest BCUT2D eigenvalue weighted by molar-refractivity contribution is 0.166. The van der Waals surface area contributed by atoms with Gasteiger partial charge in [-0.1, -0.05) is 0 Å². The molecule has 0 aliphatic heterocycles. The Morgan fingerprint density at radius 3 is 2.95 bits per heavy atom. The van der Waals surface area contributed by atoms with Crippen LogP contribution in [0.15, 0.2) is 36.9 Å². The summed E-state index contributed by atoms with van der Waals surface area (Å²) in [6.07, 6.45) is 11.6. The number of nitrogens with one attached hydrogen (secondary N) is 1. The van der Waals surface area contributed by atoms with E-state index in [1.165, 1.54) is 18.4 Å². The van der Waals surface area contributed by atoms with Gasteiger partial charge >= 0.3 is 0 Å².